The third kappa shape index (κ3) is 2.28. The van der Waals surface area contributed by atoms with E-state index in [4.69, 9.17) is 11.5 Å². The molecule has 2 fully saturated rings. The van der Waals surface area contributed by atoms with Gasteiger partial charge in [-0.2, -0.15) is 0 Å². The van der Waals surface area contributed by atoms with Crippen molar-refractivity contribution in [2.75, 3.05) is 18.0 Å². The van der Waals surface area contributed by atoms with Crippen molar-refractivity contribution < 1.29 is 4.79 Å². The van der Waals surface area contributed by atoms with Crippen LogP contribution in [0.5, 0.6) is 0 Å². The first-order valence-electron chi connectivity index (χ1n) is 6.61. The number of carbonyl (C=O) groups is 1. The van der Waals surface area contributed by atoms with E-state index in [-0.39, 0.29) is 5.91 Å². The van der Waals surface area contributed by atoms with Crippen LogP contribution in [0.25, 0.3) is 0 Å². The molecular weight excluding hydrogens is 226 g/mol. The Bertz CT molecular complexity index is 478. The van der Waals surface area contributed by atoms with Crippen molar-refractivity contribution in [3.05, 3.63) is 23.8 Å². The maximum Gasteiger partial charge on any atom is 0.256 e. The van der Waals surface area contributed by atoms with Gasteiger partial charge in [-0.1, -0.05) is 0 Å². The van der Waals surface area contributed by atoms with Crippen molar-refractivity contribution in [1.82, 2.24) is 4.90 Å². The molecule has 4 nitrogen and oxygen atoms in total. The summed E-state index contributed by atoms with van der Waals surface area (Å²) in [5.41, 5.74) is 13.2. The molecule has 0 unspecified atom stereocenters. The standard InChI is InChI=1S/C14H19N3O/c15-10-3-6-12(13(16)7-10)14(18)17(11-4-5-11)8-9-1-2-9/h3,6-7,9,11H,1-2,4-5,8,15-16H2. The summed E-state index contributed by atoms with van der Waals surface area (Å²) in [5.74, 6) is 0.784. The topological polar surface area (TPSA) is 72.4 Å². The molecule has 1 amide bonds. The molecule has 1 aromatic carbocycles. The summed E-state index contributed by atoms with van der Waals surface area (Å²) in [5, 5.41) is 0. The Morgan fingerprint density at radius 1 is 1.22 bits per heavy atom. The fourth-order valence-corrected chi connectivity index (χ4v) is 2.29. The van der Waals surface area contributed by atoms with E-state index in [0.717, 1.165) is 19.4 Å². The average Bonchev–Trinajstić information content (AvgIpc) is 3.18. The molecule has 18 heavy (non-hydrogen) atoms. The smallest absolute Gasteiger partial charge is 0.256 e. The Balaban J connectivity index is 1.81. The Morgan fingerprint density at radius 2 is 1.94 bits per heavy atom. The molecule has 0 radical (unpaired) electrons. The van der Waals surface area contributed by atoms with Gasteiger partial charge in [0.2, 0.25) is 0 Å². The number of anilines is 2. The van der Waals surface area contributed by atoms with E-state index in [2.05, 4.69) is 0 Å². The summed E-state index contributed by atoms with van der Waals surface area (Å²) in [4.78, 5) is 14.5. The highest BCUT2D eigenvalue weighted by atomic mass is 16.2. The van der Waals surface area contributed by atoms with Crippen LogP contribution in [0, 0.1) is 5.92 Å². The van der Waals surface area contributed by atoms with Gasteiger partial charge < -0.3 is 16.4 Å². The zero-order valence-corrected chi connectivity index (χ0v) is 10.4. The summed E-state index contributed by atoms with van der Waals surface area (Å²) in [6.07, 6.45) is 4.78. The van der Waals surface area contributed by atoms with Crippen LogP contribution in [0.3, 0.4) is 0 Å². The second-order valence-corrected chi connectivity index (χ2v) is 5.48. The van der Waals surface area contributed by atoms with Crippen molar-refractivity contribution in [2.24, 2.45) is 5.92 Å². The lowest BCUT2D eigenvalue weighted by molar-refractivity contribution is 0.0736. The van der Waals surface area contributed by atoms with Gasteiger partial charge in [0.05, 0.1) is 5.56 Å². The quantitative estimate of drug-likeness (QED) is 0.795. The Kier molecular flexibility index (Phi) is 2.65. The van der Waals surface area contributed by atoms with Crippen LogP contribution in [0.15, 0.2) is 18.2 Å². The van der Waals surface area contributed by atoms with E-state index in [1.807, 2.05) is 4.90 Å². The van der Waals surface area contributed by atoms with Gasteiger partial charge in [0.1, 0.15) is 0 Å². The van der Waals surface area contributed by atoms with Crippen LogP contribution >= 0.6 is 0 Å². The number of amides is 1. The highest BCUT2D eigenvalue weighted by molar-refractivity contribution is 6.00. The molecule has 2 aliphatic carbocycles. The first-order valence-corrected chi connectivity index (χ1v) is 6.61. The number of nitrogen functional groups attached to an aromatic ring is 2. The predicted octanol–water partition coefficient (Wildman–Crippen LogP) is 1.87. The molecule has 2 saturated carbocycles. The Labute approximate surface area is 107 Å². The van der Waals surface area contributed by atoms with E-state index >= 15 is 0 Å². The highest BCUT2D eigenvalue weighted by Crippen LogP contribution is 2.36. The third-order valence-corrected chi connectivity index (χ3v) is 3.71. The predicted molar refractivity (Wildman–Crippen MR) is 72.0 cm³/mol. The zero-order chi connectivity index (χ0) is 12.7. The van der Waals surface area contributed by atoms with Crippen molar-refractivity contribution in [3.63, 3.8) is 0 Å². The van der Waals surface area contributed by atoms with Crippen LogP contribution in [-0.4, -0.2) is 23.4 Å². The minimum Gasteiger partial charge on any atom is -0.399 e. The van der Waals surface area contributed by atoms with Crippen molar-refractivity contribution >= 4 is 17.3 Å². The van der Waals surface area contributed by atoms with E-state index in [1.165, 1.54) is 12.8 Å². The normalized spacial score (nSPS) is 18.7. The number of benzene rings is 1. The van der Waals surface area contributed by atoms with Gasteiger partial charge in [0, 0.05) is 24.0 Å². The van der Waals surface area contributed by atoms with E-state index in [9.17, 15) is 4.79 Å². The summed E-state index contributed by atoms with van der Waals surface area (Å²) >= 11 is 0. The first kappa shape index (κ1) is 11.4. The van der Waals surface area contributed by atoms with Gasteiger partial charge in [-0.3, -0.25) is 4.79 Å². The first-order chi connectivity index (χ1) is 8.65. The minimum atomic E-state index is 0.0712. The summed E-state index contributed by atoms with van der Waals surface area (Å²) in [6, 6.07) is 5.59. The van der Waals surface area contributed by atoms with Crippen LogP contribution < -0.4 is 11.5 Å². The van der Waals surface area contributed by atoms with Crippen LogP contribution in [0.2, 0.25) is 0 Å². The molecule has 0 aromatic heterocycles. The third-order valence-electron chi connectivity index (χ3n) is 3.71. The minimum absolute atomic E-state index is 0.0712. The van der Waals surface area contributed by atoms with E-state index < -0.39 is 0 Å². The number of rotatable bonds is 4. The second kappa shape index (κ2) is 4.19. The number of nitrogens with two attached hydrogens (primary N) is 2. The molecule has 0 aliphatic heterocycles. The monoisotopic (exact) mass is 245 g/mol. The van der Waals surface area contributed by atoms with Gasteiger partial charge >= 0.3 is 0 Å². The summed E-state index contributed by atoms with van der Waals surface area (Å²) < 4.78 is 0. The van der Waals surface area contributed by atoms with Gasteiger partial charge in [-0.25, -0.2) is 0 Å². The lowest BCUT2D eigenvalue weighted by Crippen LogP contribution is -2.35. The van der Waals surface area contributed by atoms with Gasteiger partial charge in [0.15, 0.2) is 0 Å². The lowest BCUT2D eigenvalue weighted by atomic mass is 10.1. The highest BCUT2D eigenvalue weighted by Gasteiger charge is 2.37. The SMILES string of the molecule is Nc1ccc(C(=O)N(CC2CC2)C2CC2)c(N)c1. The molecule has 0 saturated heterocycles. The number of hydrogen-bond donors (Lipinski definition) is 2. The molecule has 3 rings (SSSR count). The fourth-order valence-electron chi connectivity index (χ4n) is 2.29. The van der Waals surface area contributed by atoms with Crippen LogP contribution in [0.4, 0.5) is 11.4 Å². The summed E-state index contributed by atoms with van der Waals surface area (Å²) in [6.45, 7) is 0.896. The lowest BCUT2D eigenvalue weighted by Gasteiger charge is -2.23. The Morgan fingerprint density at radius 3 is 2.50 bits per heavy atom. The molecule has 4 N–H and O–H groups in total. The number of carbonyl (C=O) groups excluding carboxylic acids is 1. The summed E-state index contributed by atoms with van der Waals surface area (Å²) in [7, 11) is 0. The molecule has 0 heterocycles. The van der Waals surface area contributed by atoms with Crippen molar-refractivity contribution in [1.29, 1.82) is 0 Å². The van der Waals surface area contributed by atoms with Crippen molar-refractivity contribution in [2.45, 2.75) is 31.7 Å². The van der Waals surface area contributed by atoms with Crippen LogP contribution in [0.1, 0.15) is 36.0 Å². The second-order valence-electron chi connectivity index (χ2n) is 5.48. The Hall–Kier alpha value is -1.71. The van der Waals surface area contributed by atoms with Gasteiger partial charge in [-0.15, -0.1) is 0 Å². The van der Waals surface area contributed by atoms with Gasteiger partial charge in [0.25, 0.3) is 5.91 Å². The molecule has 1 aromatic rings. The van der Waals surface area contributed by atoms with E-state index in [1.54, 1.807) is 18.2 Å². The van der Waals surface area contributed by atoms with Gasteiger partial charge in [-0.05, 0) is 49.8 Å². The zero-order valence-electron chi connectivity index (χ0n) is 10.4. The molecule has 4 heteroatoms. The number of hydrogen-bond acceptors (Lipinski definition) is 3. The maximum absolute atomic E-state index is 12.5. The van der Waals surface area contributed by atoms with E-state index in [0.29, 0.717) is 28.9 Å². The molecule has 96 valence electrons. The molecule has 0 atom stereocenters. The molecule has 0 spiro atoms. The maximum atomic E-state index is 12.5. The molecule has 2 aliphatic rings. The van der Waals surface area contributed by atoms with Crippen molar-refractivity contribution in [3.8, 4) is 0 Å². The molecular formula is C14H19N3O. The van der Waals surface area contributed by atoms with Crippen LogP contribution in [-0.2, 0) is 0 Å². The largest absolute Gasteiger partial charge is 0.399 e. The number of nitrogens with zero attached hydrogens (tertiary/aromatic N) is 1. The fraction of sp³-hybridized carbons (Fsp3) is 0.500. The molecule has 0 bridgehead atoms. The average molecular weight is 245 g/mol.